The minimum atomic E-state index is 0. The molecule has 0 spiro atoms. The fraction of sp³-hybridized carbons (Fsp3) is 1.00. The molecule has 6 heavy (non-hydrogen) atoms. The molecule has 0 rings (SSSR count). The van der Waals surface area contributed by atoms with Crippen LogP contribution in [-0.4, -0.2) is 19.4 Å². The molecule has 0 saturated carbocycles. The van der Waals surface area contributed by atoms with Gasteiger partial charge in [0.05, 0.1) is 0 Å². The second-order valence-corrected chi connectivity index (χ2v) is 3.91. The van der Waals surface area contributed by atoms with Gasteiger partial charge in [0.2, 0.25) is 0 Å². The van der Waals surface area contributed by atoms with E-state index in [9.17, 15) is 0 Å². The van der Waals surface area contributed by atoms with Crippen LogP contribution in [0.5, 0.6) is 0 Å². The van der Waals surface area contributed by atoms with E-state index in [2.05, 4.69) is 17.7 Å². The predicted octanol–water partition coefficient (Wildman–Crippen LogP) is -3.37. The van der Waals surface area contributed by atoms with Crippen molar-refractivity contribution in [3.8, 4) is 0 Å². The van der Waals surface area contributed by atoms with Crippen LogP contribution in [0.3, 0.4) is 0 Å². The summed E-state index contributed by atoms with van der Waals surface area (Å²) in [5, 5.41) is 0. The molecule has 0 radical (unpaired) electrons. The minimum Gasteiger partial charge on any atom is -0.677 e. The first-order valence-electron chi connectivity index (χ1n) is 2.05. The van der Waals surface area contributed by atoms with Crippen molar-refractivity contribution in [1.82, 2.24) is 0 Å². The smallest absolute Gasteiger partial charge is 0.677 e. The fourth-order valence-electron chi connectivity index (χ4n) is 0.224. The monoisotopic (exact) mass is 143 g/mol. The average molecular weight is 143 g/mol. The molecule has 0 fully saturated rings. The normalized spacial score (nSPS) is 11.0. The van der Waals surface area contributed by atoms with Gasteiger partial charge in [-0.1, -0.05) is 32.5 Å². The summed E-state index contributed by atoms with van der Waals surface area (Å²) < 4.78 is 4.25. The summed E-state index contributed by atoms with van der Waals surface area (Å²) in [6.45, 7) is 4.44. The van der Waals surface area contributed by atoms with Crippen LogP contribution < -0.4 is 51.4 Å². The molecule has 0 aliphatic carbocycles. The Balaban J connectivity index is 0. The molecule has 0 heterocycles. The second kappa shape index (κ2) is 10.1. The van der Waals surface area contributed by atoms with Crippen molar-refractivity contribution in [2.45, 2.75) is 13.1 Å². The number of hydrogen-bond acceptors (Lipinski definition) is 0. The Kier molecular flexibility index (Phi) is 18.4. The van der Waals surface area contributed by atoms with Crippen LogP contribution in [-0.2, 0) is 0 Å². The van der Waals surface area contributed by atoms with Gasteiger partial charge in [0.1, 0.15) is 0 Å². The SMILES string of the molecule is C[SiH2][N-][SiH2]C.[K+]. The Morgan fingerprint density at radius 2 is 1.50 bits per heavy atom. The van der Waals surface area contributed by atoms with Crippen LogP contribution >= 0.6 is 0 Å². The largest absolute Gasteiger partial charge is 1.00 e. The number of rotatable bonds is 2. The van der Waals surface area contributed by atoms with Gasteiger partial charge < -0.3 is 4.65 Å². The molecule has 32 valence electrons. The molecule has 0 aromatic rings. The Bertz CT molecular complexity index is 19.0. The zero-order valence-corrected chi connectivity index (χ0v) is 10.8. The molecule has 0 amide bonds. The Morgan fingerprint density at radius 1 is 1.17 bits per heavy atom. The van der Waals surface area contributed by atoms with E-state index in [4.69, 9.17) is 0 Å². The van der Waals surface area contributed by atoms with E-state index in [1.165, 1.54) is 0 Å². The third kappa shape index (κ3) is 9.39. The molecule has 0 atom stereocenters. The van der Waals surface area contributed by atoms with Gasteiger partial charge in [0.25, 0.3) is 0 Å². The maximum atomic E-state index is 4.25. The van der Waals surface area contributed by atoms with Gasteiger partial charge in [0, 0.05) is 0 Å². The molecule has 0 aliphatic rings. The molecule has 0 unspecified atom stereocenters. The van der Waals surface area contributed by atoms with Gasteiger partial charge in [-0.05, 0) is 0 Å². The van der Waals surface area contributed by atoms with Crippen molar-refractivity contribution in [2.24, 2.45) is 0 Å². The number of nitrogens with zero attached hydrogens (tertiary/aromatic N) is 1. The number of hydrogen-bond donors (Lipinski definition) is 0. The third-order valence-electron chi connectivity index (χ3n) is 0.447. The summed E-state index contributed by atoms with van der Waals surface area (Å²) in [5.74, 6) is 0. The fourth-order valence-corrected chi connectivity index (χ4v) is 2.01. The van der Waals surface area contributed by atoms with Crippen molar-refractivity contribution >= 4 is 19.4 Å². The maximum Gasteiger partial charge on any atom is 1.00 e. The topological polar surface area (TPSA) is 14.1 Å². The van der Waals surface area contributed by atoms with Crippen molar-refractivity contribution in [3.63, 3.8) is 0 Å². The van der Waals surface area contributed by atoms with Crippen molar-refractivity contribution in [3.05, 3.63) is 4.65 Å². The van der Waals surface area contributed by atoms with E-state index < -0.39 is 0 Å². The molecular weight excluding hydrogens is 133 g/mol. The van der Waals surface area contributed by atoms with Crippen molar-refractivity contribution < 1.29 is 51.4 Å². The van der Waals surface area contributed by atoms with Crippen LogP contribution in [0, 0.1) is 0 Å². The van der Waals surface area contributed by atoms with E-state index in [1.807, 2.05) is 0 Å². The Hall–Kier alpha value is 2.03. The minimum absolute atomic E-state index is 0. The van der Waals surface area contributed by atoms with Gasteiger partial charge in [-0.25, -0.2) is 0 Å². The average Bonchev–Trinajstić information content (AvgIpc) is 1.41. The van der Waals surface area contributed by atoms with Gasteiger partial charge in [-0.15, -0.1) is 0 Å². The van der Waals surface area contributed by atoms with Gasteiger partial charge in [-0.3, -0.25) is 0 Å². The van der Waals surface area contributed by atoms with Gasteiger partial charge in [0.15, 0.2) is 0 Å². The van der Waals surface area contributed by atoms with Crippen LogP contribution in [0.2, 0.25) is 13.1 Å². The second-order valence-electron chi connectivity index (χ2n) is 0.856. The molecule has 0 saturated heterocycles. The first kappa shape index (κ1) is 10.9. The first-order chi connectivity index (χ1) is 2.41. The molecule has 0 aliphatic heterocycles. The molecule has 4 heteroatoms. The zero-order chi connectivity index (χ0) is 4.12. The van der Waals surface area contributed by atoms with Crippen LogP contribution in [0.1, 0.15) is 0 Å². The molecule has 1 nitrogen and oxygen atoms in total. The predicted molar refractivity (Wildman–Crippen MR) is 32.2 cm³/mol. The first-order valence-corrected chi connectivity index (χ1v) is 6.14. The third-order valence-corrected chi connectivity index (χ3v) is 4.02. The zero-order valence-electron chi connectivity index (χ0n) is 4.86. The van der Waals surface area contributed by atoms with Crippen LogP contribution in [0.15, 0.2) is 0 Å². The standard InChI is InChI=1S/C2H10NSi2.K/c1-4-3-5-2;/h4-5H2,1-2H3;/q-1;+1. The summed E-state index contributed by atoms with van der Waals surface area (Å²) in [7, 11) is 0.201. The molecule has 0 aromatic heterocycles. The molecule has 0 aromatic carbocycles. The van der Waals surface area contributed by atoms with Gasteiger partial charge in [-0.2, -0.15) is 0 Å². The quantitative estimate of drug-likeness (QED) is 0.358. The summed E-state index contributed by atoms with van der Waals surface area (Å²) in [6, 6.07) is 0. The van der Waals surface area contributed by atoms with E-state index in [-0.39, 0.29) is 70.7 Å². The Morgan fingerprint density at radius 3 is 1.50 bits per heavy atom. The van der Waals surface area contributed by atoms with Crippen molar-refractivity contribution in [1.29, 1.82) is 0 Å². The van der Waals surface area contributed by atoms with Gasteiger partial charge >= 0.3 is 51.4 Å². The van der Waals surface area contributed by atoms with E-state index in [0.717, 1.165) is 0 Å². The molecule has 0 N–H and O–H groups in total. The molecular formula is C2H10KNSi2. The summed E-state index contributed by atoms with van der Waals surface area (Å²) in [6.07, 6.45) is 0. The summed E-state index contributed by atoms with van der Waals surface area (Å²) in [5.41, 5.74) is 0. The summed E-state index contributed by atoms with van der Waals surface area (Å²) in [4.78, 5) is 0. The van der Waals surface area contributed by atoms with E-state index >= 15 is 0 Å². The van der Waals surface area contributed by atoms with Crippen LogP contribution in [0.25, 0.3) is 4.65 Å². The molecule has 0 bridgehead atoms. The maximum absolute atomic E-state index is 4.25. The van der Waals surface area contributed by atoms with E-state index in [1.54, 1.807) is 0 Å². The van der Waals surface area contributed by atoms with Crippen LogP contribution in [0.4, 0.5) is 0 Å². The van der Waals surface area contributed by atoms with Crippen molar-refractivity contribution in [2.75, 3.05) is 0 Å². The summed E-state index contributed by atoms with van der Waals surface area (Å²) >= 11 is 0. The Labute approximate surface area is 86.9 Å². The van der Waals surface area contributed by atoms with E-state index in [0.29, 0.717) is 0 Å².